The molecule has 1 heterocycles. The first kappa shape index (κ1) is 19.6. The number of fused-ring (bicyclic) bond motifs is 1. The van der Waals surface area contributed by atoms with Gasteiger partial charge in [0.15, 0.2) is 6.61 Å². The van der Waals surface area contributed by atoms with Crippen LogP contribution >= 0.6 is 11.6 Å². The third kappa shape index (κ3) is 4.23. The largest absolute Gasteiger partial charge is 0.454 e. The average molecular weight is 399 g/mol. The van der Waals surface area contributed by atoms with Crippen molar-refractivity contribution in [2.24, 2.45) is 0 Å². The molecule has 1 aliphatic rings. The fourth-order valence-electron chi connectivity index (χ4n) is 2.97. The van der Waals surface area contributed by atoms with Gasteiger partial charge in [0.05, 0.1) is 6.04 Å². The van der Waals surface area contributed by atoms with E-state index in [4.69, 9.17) is 16.3 Å². The highest BCUT2D eigenvalue weighted by Gasteiger charge is 2.32. The van der Waals surface area contributed by atoms with E-state index >= 15 is 0 Å². The Morgan fingerprint density at radius 3 is 2.57 bits per heavy atom. The molecule has 0 radical (unpaired) electrons. The second kappa shape index (κ2) is 8.27. The number of carbonyl (C=O) groups is 3. The lowest BCUT2D eigenvalue weighted by Gasteiger charge is -2.17. The number of ether oxygens (including phenoxy) is 1. The van der Waals surface area contributed by atoms with E-state index in [0.717, 1.165) is 5.56 Å². The lowest BCUT2D eigenvalue weighted by atomic mass is 10.1. The van der Waals surface area contributed by atoms with Gasteiger partial charge in [0.25, 0.3) is 11.8 Å². The molecule has 0 bridgehead atoms. The Bertz CT molecular complexity index is 922. The molecule has 1 atom stereocenters. The number of rotatable bonds is 6. The van der Waals surface area contributed by atoms with E-state index in [9.17, 15) is 14.4 Å². The van der Waals surface area contributed by atoms with E-state index in [1.807, 2.05) is 6.07 Å². The van der Waals surface area contributed by atoms with Crippen molar-refractivity contribution < 1.29 is 19.1 Å². The molecule has 6 nitrogen and oxygen atoms in total. The maximum Gasteiger partial charge on any atom is 0.326 e. The van der Waals surface area contributed by atoms with Crippen LogP contribution in [0.3, 0.4) is 0 Å². The van der Waals surface area contributed by atoms with Gasteiger partial charge in [-0.25, -0.2) is 0 Å². The predicted octanol–water partition coefficient (Wildman–Crippen LogP) is 3.19. The molecule has 0 spiro atoms. The molecule has 0 aliphatic carbocycles. The number of hydrogen-bond acceptors (Lipinski definition) is 4. The highest BCUT2D eigenvalue weighted by atomic mass is 35.5. The fraction of sp³-hybridized carbons (Fsp3) is 0.190. The summed E-state index contributed by atoms with van der Waals surface area (Å²) in [6, 6.07) is 13.8. The smallest absolute Gasteiger partial charge is 0.326 e. The Labute approximate surface area is 167 Å². The van der Waals surface area contributed by atoms with Crippen molar-refractivity contribution in [2.75, 3.05) is 13.2 Å². The van der Waals surface area contributed by atoms with Crippen LogP contribution in [0.4, 0.5) is 0 Å². The van der Waals surface area contributed by atoms with E-state index in [1.54, 1.807) is 49.4 Å². The van der Waals surface area contributed by atoms with Crippen LogP contribution in [0.25, 0.3) is 5.70 Å². The van der Waals surface area contributed by atoms with E-state index in [1.165, 1.54) is 4.90 Å². The van der Waals surface area contributed by atoms with E-state index in [-0.39, 0.29) is 18.5 Å². The summed E-state index contributed by atoms with van der Waals surface area (Å²) in [7, 11) is 0. The molecule has 144 valence electrons. The number of amides is 2. The van der Waals surface area contributed by atoms with Crippen molar-refractivity contribution >= 4 is 35.1 Å². The summed E-state index contributed by atoms with van der Waals surface area (Å²) >= 11 is 5.94. The topological polar surface area (TPSA) is 75.7 Å². The summed E-state index contributed by atoms with van der Waals surface area (Å²) < 4.78 is 5.01. The number of hydrogen-bond donors (Lipinski definition) is 1. The van der Waals surface area contributed by atoms with Crippen molar-refractivity contribution in [2.45, 2.75) is 13.0 Å². The van der Waals surface area contributed by atoms with Crippen molar-refractivity contribution in [3.63, 3.8) is 0 Å². The second-order valence-electron chi connectivity index (χ2n) is 6.39. The molecule has 0 saturated carbocycles. The minimum absolute atomic E-state index is 0.292. The Kier molecular flexibility index (Phi) is 5.80. The Morgan fingerprint density at radius 1 is 1.18 bits per heavy atom. The van der Waals surface area contributed by atoms with Crippen LogP contribution in [0.5, 0.6) is 0 Å². The summed E-state index contributed by atoms with van der Waals surface area (Å²) in [5.74, 6) is -1.44. The van der Waals surface area contributed by atoms with Crippen LogP contribution in [-0.4, -0.2) is 35.8 Å². The maximum absolute atomic E-state index is 12.4. The van der Waals surface area contributed by atoms with Crippen molar-refractivity contribution in [1.82, 2.24) is 10.2 Å². The Balaban J connectivity index is 1.50. The number of nitrogens with one attached hydrogen (secondary N) is 1. The Morgan fingerprint density at radius 2 is 1.89 bits per heavy atom. The lowest BCUT2D eigenvalue weighted by molar-refractivity contribution is -0.148. The van der Waals surface area contributed by atoms with Gasteiger partial charge in [-0.05, 0) is 30.7 Å². The molecule has 2 aromatic carbocycles. The first-order valence-electron chi connectivity index (χ1n) is 8.67. The van der Waals surface area contributed by atoms with Crippen molar-refractivity contribution in [1.29, 1.82) is 0 Å². The van der Waals surface area contributed by atoms with Gasteiger partial charge in [-0.1, -0.05) is 48.5 Å². The molecule has 1 N–H and O–H groups in total. The zero-order valence-electron chi connectivity index (χ0n) is 15.3. The molecule has 2 aromatic rings. The van der Waals surface area contributed by atoms with Gasteiger partial charge < -0.3 is 10.1 Å². The number of esters is 1. The lowest BCUT2D eigenvalue weighted by Crippen LogP contribution is -2.34. The first-order chi connectivity index (χ1) is 13.4. The normalized spacial score (nSPS) is 13.9. The SMILES string of the molecule is C=C1c2ccccc2C(=O)N1CC(=O)OCC(=O)NC(C)c1cccc(Cl)c1. The predicted molar refractivity (Wildman–Crippen MR) is 105 cm³/mol. The molecule has 0 fully saturated rings. The molecule has 1 unspecified atom stereocenters. The van der Waals surface area contributed by atoms with Crippen LogP contribution in [0.2, 0.25) is 5.02 Å². The molecule has 1 aliphatic heterocycles. The molecular formula is C21H19ClN2O4. The summed E-state index contributed by atoms with van der Waals surface area (Å²) in [4.78, 5) is 37.8. The summed E-state index contributed by atoms with van der Waals surface area (Å²) in [6.07, 6.45) is 0. The average Bonchev–Trinajstić information content (AvgIpc) is 2.91. The van der Waals surface area contributed by atoms with Gasteiger partial charge in [-0.3, -0.25) is 19.3 Å². The fourth-order valence-corrected chi connectivity index (χ4v) is 3.16. The molecule has 2 amide bonds. The molecule has 3 rings (SSSR count). The third-order valence-corrected chi connectivity index (χ3v) is 4.65. The van der Waals surface area contributed by atoms with Crippen molar-refractivity contribution in [3.8, 4) is 0 Å². The summed E-state index contributed by atoms with van der Waals surface area (Å²) in [6.45, 7) is 4.92. The zero-order chi connectivity index (χ0) is 20.3. The van der Waals surface area contributed by atoms with Gasteiger partial charge in [-0.2, -0.15) is 0 Å². The van der Waals surface area contributed by atoms with Gasteiger partial charge in [0, 0.05) is 21.8 Å². The van der Waals surface area contributed by atoms with Crippen LogP contribution in [0, 0.1) is 0 Å². The molecule has 28 heavy (non-hydrogen) atoms. The molecule has 0 aromatic heterocycles. The summed E-state index contributed by atoms with van der Waals surface area (Å²) in [5.41, 5.74) is 2.46. The first-order valence-corrected chi connectivity index (χ1v) is 9.05. The quantitative estimate of drug-likeness (QED) is 0.758. The minimum atomic E-state index is -0.687. The molecule has 0 saturated heterocycles. The number of halogens is 1. The summed E-state index contributed by atoms with van der Waals surface area (Å²) in [5, 5.41) is 3.30. The monoisotopic (exact) mass is 398 g/mol. The van der Waals surface area contributed by atoms with E-state index < -0.39 is 18.5 Å². The minimum Gasteiger partial charge on any atom is -0.454 e. The molecular weight excluding hydrogens is 380 g/mol. The van der Waals surface area contributed by atoms with Gasteiger partial charge >= 0.3 is 5.97 Å². The number of nitrogens with zero attached hydrogens (tertiary/aromatic N) is 1. The van der Waals surface area contributed by atoms with Crippen LogP contribution in [-0.2, 0) is 14.3 Å². The standard InChI is InChI=1S/C21H19ClN2O4/c1-13(15-6-5-7-16(22)10-15)23-19(25)12-28-20(26)11-24-14(2)17-8-3-4-9-18(17)21(24)27/h3-10,13H,2,11-12H2,1H3,(H,23,25). The van der Waals surface area contributed by atoms with Crippen LogP contribution in [0.15, 0.2) is 55.1 Å². The third-order valence-electron chi connectivity index (χ3n) is 4.42. The van der Waals surface area contributed by atoms with E-state index in [0.29, 0.717) is 21.8 Å². The highest BCUT2D eigenvalue weighted by molar-refractivity contribution is 6.30. The van der Waals surface area contributed by atoms with Gasteiger partial charge in [0.2, 0.25) is 0 Å². The maximum atomic E-state index is 12.4. The number of benzene rings is 2. The van der Waals surface area contributed by atoms with Gasteiger partial charge in [0.1, 0.15) is 6.54 Å². The highest BCUT2D eigenvalue weighted by Crippen LogP contribution is 2.30. The zero-order valence-corrected chi connectivity index (χ0v) is 16.0. The van der Waals surface area contributed by atoms with Crippen LogP contribution in [0.1, 0.15) is 34.5 Å². The number of carbonyl (C=O) groups excluding carboxylic acids is 3. The van der Waals surface area contributed by atoms with Crippen LogP contribution < -0.4 is 5.32 Å². The van der Waals surface area contributed by atoms with Crippen molar-refractivity contribution in [3.05, 3.63) is 76.8 Å². The van der Waals surface area contributed by atoms with E-state index in [2.05, 4.69) is 11.9 Å². The second-order valence-corrected chi connectivity index (χ2v) is 6.82. The van der Waals surface area contributed by atoms with Gasteiger partial charge in [-0.15, -0.1) is 0 Å². The Hall–Kier alpha value is -3.12. The molecule has 7 heteroatoms.